The van der Waals surface area contributed by atoms with Crippen molar-refractivity contribution in [1.82, 2.24) is 14.8 Å². The van der Waals surface area contributed by atoms with Gasteiger partial charge in [0.05, 0.1) is 5.69 Å². The summed E-state index contributed by atoms with van der Waals surface area (Å²) in [6.45, 7) is 1.98. The van der Waals surface area contributed by atoms with E-state index in [1.165, 1.54) is 6.33 Å². The Bertz CT molecular complexity index is 427. The molecular weight excluding hydrogens is 291 g/mol. The van der Waals surface area contributed by atoms with Crippen molar-refractivity contribution in [3.05, 3.63) is 33.9 Å². The van der Waals surface area contributed by atoms with Gasteiger partial charge >= 0.3 is 0 Å². The molecule has 0 fully saturated rings. The SMILES string of the molecule is Cc1cc(-n2cncn2)cc(I)c1N. The van der Waals surface area contributed by atoms with E-state index in [-0.39, 0.29) is 0 Å². The molecule has 14 heavy (non-hydrogen) atoms. The van der Waals surface area contributed by atoms with E-state index < -0.39 is 0 Å². The number of hydrogen-bond donors (Lipinski definition) is 1. The van der Waals surface area contributed by atoms with E-state index in [0.29, 0.717) is 0 Å². The Morgan fingerprint density at radius 1 is 1.43 bits per heavy atom. The highest BCUT2D eigenvalue weighted by Crippen LogP contribution is 2.22. The van der Waals surface area contributed by atoms with Gasteiger partial charge in [-0.05, 0) is 47.2 Å². The van der Waals surface area contributed by atoms with Crippen LogP contribution in [0.3, 0.4) is 0 Å². The predicted octanol–water partition coefficient (Wildman–Crippen LogP) is 1.76. The molecule has 0 saturated heterocycles. The van der Waals surface area contributed by atoms with E-state index >= 15 is 0 Å². The number of benzene rings is 1. The van der Waals surface area contributed by atoms with E-state index in [2.05, 4.69) is 32.7 Å². The minimum atomic E-state index is 0.828. The summed E-state index contributed by atoms with van der Waals surface area (Å²) in [4.78, 5) is 3.90. The monoisotopic (exact) mass is 300 g/mol. The fourth-order valence-electron chi connectivity index (χ4n) is 1.21. The third kappa shape index (κ3) is 1.59. The molecule has 5 heteroatoms. The quantitative estimate of drug-likeness (QED) is 0.645. The first kappa shape index (κ1) is 9.45. The lowest BCUT2D eigenvalue weighted by molar-refractivity contribution is 0.877. The number of nitrogens with zero attached hydrogens (tertiary/aromatic N) is 3. The Hall–Kier alpha value is -1.11. The first-order chi connectivity index (χ1) is 6.68. The van der Waals surface area contributed by atoms with Gasteiger partial charge in [0.15, 0.2) is 0 Å². The average Bonchev–Trinajstić information content (AvgIpc) is 2.66. The second-order valence-corrected chi connectivity index (χ2v) is 4.16. The van der Waals surface area contributed by atoms with E-state index in [4.69, 9.17) is 5.73 Å². The molecule has 0 bridgehead atoms. The number of nitrogens with two attached hydrogens (primary N) is 1. The molecule has 2 N–H and O–H groups in total. The van der Waals surface area contributed by atoms with Crippen molar-refractivity contribution in [2.45, 2.75) is 6.92 Å². The van der Waals surface area contributed by atoms with Crippen LogP contribution in [-0.2, 0) is 0 Å². The standard InChI is InChI=1S/C9H9IN4/c1-6-2-7(3-8(10)9(6)11)14-5-12-4-13-14/h2-5H,11H2,1H3. The number of aryl methyl sites for hydroxylation is 1. The molecule has 0 aliphatic heterocycles. The Morgan fingerprint density at radius 3 is 2.79 bits per heavy atom. The lowest BCUT2D eigenvalue weighted by Crippen LogP contribution is -1.99. The molecule has 1 aromatic heterocycles. The van der Waals surface area contributed by atoms with Crippen molar-refractivity contribution in [3.8, 4) is 5.69 Å². The van der Waals surface area contributed by atoms with Crippen LogP contribution in [0.25, 0.3) is 5.69 Å². The molecule has 2 aromatic rings. The van der Waals surface area contributed by atoms with Crippen molar-refractivity contribution >= 4 is 28.3 Å². The van der Waals surface area contributed by atoms with Gasteiger partial charge in [0.25, 0.3) is 0 Å². The molecule has 2 rings (SSSR count). The Balaban J connectivity index is 2.57. The molecule has 1 aromatic carbocycles. The maximum Gasteiger partial charge on any atom is 0.138 e. The van der Waals surface area contributed by atoms with Crippen LogP contribution in [-0.4, -0.2) is 14.8 Å². The first-order valence-electron chi connectivity index (χ1n) is 4.09. The van der Waals surface area contributed by atoms with E-state index in [1.54, 1.807) is 11.0 Å². The molecule has 0 aliphatic carbocycles. The van der Waals surface area contributed by atoms with Crippen molar-refractivity contribution in [3.63, 3.8) is 0 Å². The number of nitrogen functional groups attached to an aromatic ring is 1. The van der Waals surface area contributed by atoms with Crippen LogP contribution >= 0.6 is 22.6 Å². The van der Waals surface area contributed by atoms with Crippen LogP contribution in [0.5, 0.6) is 0 Å². The summed E-state index contributed by atoms with van der Waals surface area (Å²) in [5, 5.41) is 4.06. The smallest absolute Gasteiger partial charge is 0.138 e. The fourth-order valence-corrected chi connectivity index (χ4v) is 1.96. The van der Waals surface area contributed by atoms with Gasteiger partial charge in [-0.3, -0.25) is 0 Å². The van der Waals surface area contributed by atoms with Crippen molar-refractivity contribution in [2.75, 3.05) is 5.73 Å². The molecule has 0 atom stereocenters. The van der Waals surface area contributed by atoms with Gasteiger partial charge in [-0.1, -0.05) is 0 Å². The van der Waals surface area contributed by atoms with E-state index in [9.17, 15) is 0 Å². The summed E-state index contributed by atoms with van der Waals surface area (Å²) in [7, 11) is 0. The lowest BCUT2D eigenvalue weighted by atomic mass is 10.2. The highest BCUT2D eigenvalue weighted by molar-refractivity contribution is 14.1. The van der Waals surface area contributed by atoms with Crippen LogP contribution in [0.15, 0.2) is 24.8 Å². The highest BCUT2D eigenvalue weighted by atomic mass is 127. The molecule has 4 nitrogen and oxygen atoms in total. The van der Waals surface area contributed by atoms with E-state index in [0.717, 1.165) is 20.5 Å². The van der Waals surface area contributed by atoms with Crippen LogP contribution in [0.1, 0.15) is 5.56 Å². The second-order valence-electron chi connectivity index (χ2n) is 3.00. The lowest BCUT2D eigenvalue weighted by Gasteiger charge is -2.06. The van der Waals surface area contributed by atoms with Crippen LogP contribution in [0.2, 0.25) is 0 Å². The summed E-state index contributed by atoms with van der Waals surface area (Å²) in [6, 6.07) is 3.98. The fraction of sp³-hybridized carbons (Fsp3) is 0.111. The van der Waals surface area contributed by atoms with Gasteiger partial charge in [0.1, 0.15) is 12.7 Å². The van der Waals surface area contributed by atoms with Crippen LogP contribution in [0.4, 0.5) is 5.69 Å². The van der Waals surface area contributed by atoms with E-state index in [1.807, 2.05) is 19.1 Å². The number of aromatic nitrogens is 3. The number of hydrogen-bond acceptors (Lipinski definition) is 3. The number of anilines is 1. The third-order valence-corrected chi connectivity index (χ3v) is 2.90. The van der Waals surface area contributed by atoms with Crippen molar-refractivity contribution in [2.24, 2.45) is 0 Å². The Kier molecular flexibility index (Phi) is 2.40. The first-order valence-corrected chi connectivity index (χ1v) is 5.17. The Morgan fingerprint density at radius 2 is 2.21 bits per heavy atom. The molecular formula is C9H9IN4. The van der Waals surface area contributed by atoms with Gasteiger partial charge in [-0.25, -0.2) is 9.67 Å². The van der Waals surface area contributed by atoms with Crippen molar-refractivity contribution < 1.29 is 0 Å². The molecule has 0 aliphatic rings. The summed E-state index contributed by atoms with van der Waals surface area (Å²) in [5.41, 5.74) is 8.72. The van der Waals surface area contributed by atoms with Gasteiger partial charge in [-0.2, -0.15) is 5.10 Å². The summed E-state index contributed by atoms with van der Waals surface area (Å²) >= 11 is 2.21. The zero-order valence-electron chi connectivity index (χ0n) is 7.61. The predicted molar refractivity (Wildman–Crippen MR) is 63.2 cm³/mol. The molecule has 0 saturated carbocycles. The molecule has 0 unspecified atom stereocenters. The molecule has 0 spiro atoms. The topological polar surface area (TPSA) is 56.7 Å². The molecule has 0 amide bonds. The largest absolute Gasteiger partial charge is 0.398 e. The van der Waals surface area contributed by atoms with Gasteiger partial charge in [0, 0.05) is 9.26 Å². The maximum atomic E-state index is 5.85. The van der Waals surface area contributed by atoms with Gasteiger partial charge in [0.2, 0.25) is 0 Å². The third-order valence-electron chi connectivity index (χ3n) is 2.00. The molecule has 0 radical (unpaired) electrons. The summed E-state index contributed by atoms with van der Waals surface area (Å²) in [5.74, 6) is 0. The highest BCUT2D eigenvalue weighted by Gasteiger charge is 2.04. The maximum absolute atomic E-state index is 5.85. The zero-order valence-corrected chi connectivity index (χ0v) is 9.76. The summed E-state index contributed by atoms with van der Waals surface area (Å²) in [6.07, 6.45) is 3.18. The average molecular weight is 300 g/mol. The zero-order chi connectivity index (χ0) is 10.1. The number of halogens is 1. The minimum Gasteiger partial charge on any atom is -0.398 e. The van der Waals surface area contributed by atoms with Crippen molar-refractivity contribution in [1.29, 1.82) is 0 Å². The molecule has 72 valence electrons. The Labute approximate surface area is 95.3 Å². The summed E-state index contributed by atoms with van der Waals surface area (Å²) < 4.78 is 2.75. The van der Waals surface area contributed by atoms with Gasteiger partial charge in [-0.15, -0.1) is 0 Å². The molecule has 1 heterocycles. The van der Waals surface area contributed by atoms with Crippen LogP contribution < -0.4 is 5.73 Å². The number of rotatable bonds is 1. The van der Waals surface area contributed by atoms with Gasteiger partial charge < -0.3 is 5.73 Å². The minimum absolute atomic E-state index is 0.828. The second kappa shape index (κ2) is 3.56. The normalized spacial score (nSPS) is 10.4. The van der Waals surface area contributed by atoms with Crippen LogP contribution in [0, 0.1) is 10.5 Å².